The third-order valence-electron chi connectivity index (χ3n) is 3.37. The van der Waals surface area contributed by atoms with Gasteiger partial charge in [-0.25, -0.2) is 4.98 Å². The molecule has 16 heavy (non-hydrogen) atoms. The zero-order valence-electron chi connectivity index (χ0n) is 9.15. The molecule has 1 aromatic heterocycles. The van der Waals surface area contributed by atoms with E-state index in [4.69, 9.17) is 0 Å². The van der Waals surface area contributed by atoms with Crippen molar-refractivity contribution in [3.63, 3.8) is 0 Å². The number of nitrogens with zero attached hydrogens (tertiary/aromatic N) is 2. The average molecular weight is 217 g/mol. The number of pyridine rings is 1. The fraction of sp³-hybridized carbons (Fsp3) is 0.500. The molecule has 3 heterocycles. The number of hydrogen-bond donors (Lipinski definition) is 1. The monoisotopic (exact) mass is 217 g/mol. The van der Waals surface area contributed by atoms with Crippen LogP contribution in [0.25, 0.3) is 0 Å². The summed E-state index contributed by atoms with van der Waals surface area (Å²) in [5.41, 5.74) is 0.852. The van der Waals surface area contributed by atoms with Gasteiger partial charge in [-0.15, -0.1) is 0 Å². The summed E-state index contributed by atoms with van der Waals surface area (Å²) in [4.78, 5) is 18.5. The van der Waals surface area contributed by atoms with Crippen molar-refractivity contribution < 1.29 is 4.79 Å². The molecule has 1 saturated heterocycles. The molecular formula is C12H15N3O. The third kappa shape index (κ3) is 1.45. The van der Waals surface area contributed by atoms with Gasteiger partial charge in [-0.3, -0.25) is 4.79 Å². The Labute approximate surface area is 94.7 Å². The van der Waals surface area contributed by atoms with E-state index < -0.39 is 0 Å². The Morgan fingerprint density at radius 2 is 2.31 bits per heavy atom. The largest absolute Gasteiger partial charge is 0.343 e. The summed E-state index contributed by atoms with van der Waals surface area (Å²) in [6.07, 6.45) is 6.24. The van der Waals surface area contributed by atoms with Gasteiger partial charge in [0.1, 0.15) is 6.04 Å². The Kier molecular flexibility index (Phi) is 2.27. The van der Waals surface area contributed by atoms with Crippen LogP contribution in [0.3, 0.4) is 0 Å². The summed E-state index contributed by atoms with van der Waals surface area (Å²) in [7, 11) is 0. The highest BCUT2D eigenvalue weighted by Gasteiger charge is 2.33. The van der Waals surface area contributed by atoms with Crippen molar-refractivity contribution in [2.45, 2.75) is 31.7 Å². The molecule has 0 aliphatic carbocycles. The van der Waals surface area contributed by atoms with Crippen LogP contribution in [0.15, 0.2) is 18.3 Å². The minimum atomic E-state index is -0.00935. The summed E-state index contributed by atoms with van der Waals surface area (Å²) in [6, 6.07) is 3.77. The Bertz CT molecular complexity index is 418. The Morgan fingerprint density at radius 3 is 3.25 bits per heavy atom. The predicted octanol–water partition coefficient (Wildman–Crippen LogP) is 1.78. The van der Waals surface area contributed by atoms with Crippen LogP contribution < -0.4 is 10.2 Å². The SMILES string of the molecule is O=C1Nc2cccnc2N2CCCCCC12. The van der Waals surface area contributed by atoms with Gasteiger partial charge in [0.25, 0.3) is 0 Å². The molecule has 84 valence electrons. The molecule has 0 bridgehead atoms. The number of nitrogens with one attached hydrogen (secondary N) is 1. The van der Waals surface area contributed by atoms with Crippen LogP contribution in [0, 0.1) is 0 Å². The van der Waals surface area contributed by atoms with Crippen LogP contribution >= 0.6 is 0 Å². The number of carbonyl (C=O) groups is 1. The summed E-state index contributed by atoms with van der Waals surface area (Å²) in [5.74, 6) is 1.07. The maximum Gasteiger partial charge on any atom is 0.247 e. The standard InChI is InChI=1S/C12H15N3O/c16-12-10-6-2-1-3-8-15(10)11-9(14-12)5-4-7-13-11/h4-5,7,10H,1-3,6,8H2,(H,14,16). The van der Waals surface area contributed by atoms with Gasteiger partial charge in [0.2, 0.25) is 5.91 Å². The summed E-state index contributed by atoms with van der Waals surface area (Å²) in [6.45, 7) is 0.947. The van der Waals surface area contributed by atoms with Crippen molar-refractivity contribution in [3.8, 4) is 0 Å². The number of amides is 1. The Balaban J connectivity index is 2.03. The maximum absolute atomic E-state index is 12.0. The number of hydrogen-bond acceptors (Lipinski definition) is 3. The van der Waals surface area contributed by atoms with Crippen molar-refractivity contribution >= 4 is 17.4 Å². The second-order valence-electron chi connectivity index (χ2n) is 4.42. The van der Waals surface area contributed by atoms with E-state index in [1.807, 2.05) is 12.1 Å². The minimum absolute atomic E-state index is 0.00935. The molecule has 0 spiro atoms. The lowest BCUT2D eigenvalue weighted by molar-refractivity contribution is -0.117. The molecule has 0 aromatic carbocycles. The summed E-state index contributed by atoms with van der Waals surface area (Å²) < 4.78 is 0. The molecule has 0 saturated carbocycles. The fourth-order valence-corrected chi connectivity index (χ4v) is 2.57. The first-order valence-corrected chi connectivity index (χ1v) is 5.89. The van der Waals surface area contributed by atoms with Crippen molar-refractivity contribution in [2.24, 2.45) is 0 Å². The molecule has 1 aromatic rings. The lowest BCUT2D eigenvalue weighted by Gasteiger charge is -2.35. The highest BCUT2D eigenvalue weighted by molar-refractivity contribution is 6.02. The number of anilines is 2. The third-order valence-corrected chi connectivity index (χ3v) is 3.37. The van der Waals surface area contributed by atoms with Crippen molar-refractivity contribution in [3.05, 3.63) is 18.3 Å². The second kappa shape index (κ2) is 3.77. The van der Waals surface area contributed by atoms with E-state index in [0.29, 0.717) is 0 Å². The summed E-state index contributed by atoms with van der Waals surface area (Å²) in [5, 5.41) is 2.94. The van der Waals surface area contributed by atoms with Crippen LogP contribution in [0.5, 0.6) is 0 Å². The van der Waals surface area contributed by atoms with Crippen molar-refractivity contribution in [1.29, 1.82) is 0 Å². The number of rotatable bonds is 0. The maximum atomic E-state index is 12.0. The zero-order valence-corrected chi connectivity index (χ0v) is 9.15. The topological polar surface area (TPSA) is 45.2 Å². The molecule has 4 heteroatoms. The molecule has 1 fully saturated rings. The molecule has 1 N–H and O–H groups in total. The van der Waals surface area contributed by atoms with Gasteiger partial charge in [0.05, 0.1) is 5.69 Å². The highest BCUT2D eigenvalue weighted by atomic mass is 16.2. The molecule has 2 aliphatic rings. The van der Waals surface area contributed by atoms with Gasteiger partial charge in [0.15, 0.2) is 5.82 Å². The summed E-state index contributed by atoms with van der Waals surface area (Å²) >= 11 is 0. The quantitative estimate of drug-likeness (QED) is 0.720. The molecule has 1 amide bonds. The first-order valence-electron chi connectivity index (χ1n) is 5.89. The van der Waals surface area contributed by atoms with Gasteiger partial charge < -0.3 is 10.2 Å². The lowest BCUT2D eigenvalue weighted by Crippen LogP contribution is -2.48. The smallest absolute Gasteiger partial charge is 0.247 e. The first kappa shape index (κ1) is 9.63. The lowest BCUT2D eigenvalue weighted by atomic mass is 10.1. The molecule has 1 atom stereocenters. The van der Waals surface area contributed by atoms with Crippen molar-refractivity contribution in [1.82, 2.24) is 4.98 Å². The average Bonchev–Trinajstić information content (AvgIpc) is 2.55. The Morgan fingerprint density at radius 1 is 1.38 bits per heavy atom. The molecule has 1 unspecified atom stereocenters. The zero-order chi connectivity index (χ0) is 11.0. The van der Waals surface area contributed by atoms with E-state index in [9.17, 15) is 4.79 Å². The highest BCUT2D eigenvalue weighted by Crippen LogP contribution is 2.32. The molecule has 4 nitrogen and oxygen atoms in total. The van der Waals surface area contributed by atoms with E-state index in [-0.39, 0.29) is 11.9 Å². The number of carbonyl (C=O) groups excluding carboxylic acids is 1. The molecular weight excluding hydrogens is 202 g/mol. The molecule has 0 radical (unpaired) electrons. The number of fused-ring (bicyclic) bond motifs is 3. The second-order valence-corrected chi connectivity index (χ2v) is 4.42. The van der Waals surface area contributed by atoms with E-state index in [2.05, 4.69) is 15.2 Å². The predicted molar refractivity (Wildman–Crippen MR) is 62.5 cm³/mol. The van der Waals surface area contributed by atoms with Crippen LogP contribution in [0.1, 0.15) is 25.7 Å². The van der Waals surface area contributed by atoms with Crippen LogP contribution in [0.2, 0.25) is 0 Å². The number of aromatic nitrogens is 1. The van der Waals surface area contributed by atoms with Crippen molar-refractivity contribution in [2.75, 3.05) is 16.8 Å². The van der Waals surface area contributed by atoms with E-state index in [0.717, 1.165) is 37.3 Å². The van der Waals surface area contributed by atoms with Gasteiger partial charge in [-0.1, -0.05) is 12.8 Å². The fourth-order valence-electron chi connectivity index (χ4n) is 2.57. The van der Waals surface area contributed by atoms with E-state index in [1.165, 1.54) is 6.42 Å². The van der Waals surface area contributed by atoms with Crippen LogP contribution in [-0.2, 0) is 4.79 Å². The van der Waals surface area contributed by atoms with Gasteiger partial charge in [0, 0.05) is 12.7 Å². The Hall–Kier alpha value is -1.58. The van der Waals surface area contributed by atoms with E-state index in [1.54, 1.807) is 6.20 Å². The van der Waals surface area contributed by atoms with Gasteiger partial charge in [-0.2, -0.15) is 0 Å². The molecule has 2 aliphatic heterocycles. The minimum Gasteiger partial charge on any atom is -0.343 e. The normalized spacial score (nSPS) is 24.1. The molecule has 3 rings (SSSR count). The van der Waals surface area contributed by atoms with E-state index >= 15 is 0 Å². The van der Waals surface area contributed by atoms with Gasteiger partial charge >= 0.3 is 0 Å². The van der Waals surface area contributed by atoms with Crippen LogP contribution in [-0.4, -0.2) is 23.5 Å². The first-order chi connectivity index (χ1) is 7.86. The van der Waals surface area contributed by atoms with Crippen LogP contribution in [0.4, 0.5) is 11.5 Å². The van der Waals surface area contributed by atoms with Gasteiger partial charge in [-0.05, 0) is 25.0 Å².